The lowest BCUT2D eigenvalue weighted by molar-refractivity contribution is -0.925. The fraction of sp³-hybridized carbons (Fsp3) is 0.962. The number of quaternary nitrogens is 2. The Morgan fingerprint density at radius 3 is 0.833 bits per heavy atom. The van der Waals surface area contributed by atoms with Crippen LogP contribution in [0.2, 0.25) is 0 Å². The van der Waals surface area contributed by atoms with E-state index in [1.807, 2.05) is 21.6 Å². The highest BCUT2D eigenvalue weighted by molar-refractivity contribution is 8.76. The summed E-state index contributed by atoms with van der Waals surface area (Å²) < 4.78 is 2.65. The number of carbonyl (C=O) groups excluding carboxylic acids is 2. The van der Waals surface area contributed by atoms with Crippen molar-refractivity contribution in [2.45, 2.75) is 247 Å². The molecule has 0 fully saturated rings. The van der Waals surface area contributed by atoms with Crippen molar-refractivity contribution in [1.82, 2.24) is 10.6 Å². The molecule has 0 atom stereocenters. The lowest BCUT2D eigenvalue weighted by Gasteiger charge is -2.36. The van der Waals surface area contributed by atoms with Crippen LogP contribution in [0.3, 0.4) is 0 Å². The van der Waals surface area contributed by atoms with E-state index in [2.05, 4.69) is 52.2 Å². The molecule has 0 aromatic carbocycles. The van der Waals surface area contributed by atoms with Crippen molar-refractivity contribution in [1.29, 1.82) is 0 Å². The predicted octanol–water partition coefficient (Wildman–Crippen LogP) is 14.8. The Morgan fingerprint density at radius 2 is 0.583 bits per heavy atom. The zero-order chi connectivity index (χ0) is 44.1. The molecule has 0 spiro atoms. The molecule has 0 aromatic rings. The second kappa shape index (κ2) is 45.1. The van der Waals surface area contributed by atoms with Gasteiger partial charge in [0.15, 0.2) is 0 Å². The summed E-state index contributed by atoms with van der Waals surface area (Å²) in [5, 5.41) is 6.23. The molecule has 0 rings (SSSR count). The first kappa shape index (κ1) is 59.6. The van der Waals surface area contributed by atoms with Crippen LogP contribution in [0.1, 0.15) is 247 Å². The highest BCUT2D eigenvalue weighted by Crippen LogP contribution is 2.22. The molecule has 0 aliphatic carbocycles. The standard InChI is InChI=1S/C52H106N4O2S2/c1-7-45-55(9-3,10-4)47-37-33-29-25-21-17-13-15-19-23-27-31-35-41-51(57)53-43-39-49-59-60-50-40-44-54-52(58)42-36-32-28-24-20-16-14-18-22-26-30-34-38-48-56(11-5,12-6)46-8-2/h7-50H2,1-6H3/p+2. The summed E-state index contributed by atoms with van der Waals surface area (Å²) in [7, 11) is 3.78. The van der Waals surface area contributed by atoms with Crippen molar-refractivity contribution in [3.8, 4) is 0 Å². The number of nitrogens with zero attached hydrogens (tertiary/aromatic N) is 2. The highest BCUT2D eigenvalue weighted by Gasteiger charge is 2.22. The van der Waals surface area contributed by atoms with Crippen LogP contribution in [0.15, 0.2) is 0 Å². The summed E-state index contributed by atoms with van der Waals surface area (Å²) >= 11 is 0. The van der Waals surface area contributed by atoms with Crippen LogP contribution in [-0.4, -0.2) is 97.7 Å². The fourth-order valence-electron chi connectivity index (χ4n) is 9.25. The van der Waals surface area contributed by atoms with Crippen molar-refractivity contribution >= 4 is 33.4 Å². The van der Waals surface area contributed by atoms with Crippen LogP contribution >= 0.6 is 21.6 Å². The third-order valence-corrected chi connectivity index (χ3v) is 16.3. The number of hydrogen-bond donors (Lipinski definition) is 2. The normalized spacial score (nSPS) is 12.0. The number of nitrogens with one attached hydrogen (secondary N) is 2. The largest absolute Gasteiger partial charge is 0.356 e. The molecule has 0 aromatic heterocycles. The molecule has 8 heteroatoms. The van der Waals surface area contributed by atoms with E-state index in [0.717, 1.165) is 50.3 Å². The smallest absolute Gasteiger partial charge is 0.219 e. The minimum Gasteiger partial charge on any atom is -0.356 e. The summed E-state index contributed by atoms with van der Waals surface area (Å²) in [4.78, 5) is 24.4. The highest BCUT2D eigenvalue weighted by atomic mass is 33.1. The van der Waals surface area contributed by atoms with Crippen molar-refractivity contribution in [2.24, 2.45) is 0 Å². The number of rotatable bonds is 49. The van der Waals surface area contributed by atoms with E-state index >= 15 is 0 Å². The van der Waals surface area contributed by atoms with Gasteiger partial charge in [0, 0.05) is 37.4 Å². The number of hydrogen-bond acceptors (Lipinski definition) is 4. The Labute approximate surface area is 384 Å². The zero-order valence-electron chi connectivity index (χ0n) is 41.6. The van der Waals surface area contributed by atoms with Crippen LogP contribution < -0.4 is 10.6 Å². The van der Waals surface area contributed by atoms with E-state index in [1.54, 1.807) is 0 Å². The molecule has 0 radical (unpaired) electrons. The zero-order valence-corrected chi connectivity index (χ0v) is 43.3. The summed E-state index contributed by atoms with van der Waals surface area (Å²) in [6, 6.07) is 0. The molecule has 0 unspecified atom stereocenters. The average molecular weight is 886 g/mol. The third-order valence-electron chi connectivity index (χ3n) is 13.7. The van der Waals surface area contributed by atoms with Crippen molar-refractivity contribution in [3.63, 3.8) is 0 Å². The van der Waals surface area contributed by atoms with Crippen LogP contribution in [0, 0.1) is 0 Å². The van der Waals surface area contributed by atoms with Crippen molar-refractivity contribution < 1.29 is 18.6 Å². The van der Waals surface area contributed by atoms with Gasteiger partial charge in [-0.2, -0.15) is 0 Å². The first-order chi connectivity index (χ1) is 29.4. The second-order valence-corrected chi connectivity index (χ2v) is 21.3. The quantitative estimate of drug-likeness (QED) is 0.0363. The monoisotopic (exact) mass is 885 g/mol. The van der Waals surface area contributed by atoms with E-state index < -0.39 is 0 Å². The Balaban J connectivity index is 3.36. The van der Waals surface area contributed by atoms with Gasteiger partial charge in [0.2, 0.25) is 11.8 Å². The maximum atomic E-state index is 12.2. The van der Waals surface area contributed by atoms with Crippen LogP contribution in [-0.2, 0) is 9.59 Å². The molecule has 0 bridgehead atoms. The van der Waals surface area contributed by atoms with Gasteiger partial charge in [0.1, 0.15) is 0 Å². The summed E-state index contributed by atoms with van der Waals surface area (Å²) in [5.74, 6) is 2.57. The molecule has 60 heavy (non-hydrogen) atoms. The number of amides is 2. The Hall–Kier alpha value is -0.440. The van der Waals surface area contributed by atoms with Gasteiger partial charge in [-0.15, -0.1) is 0 Å². The van der Waals surface area contributed by atoms with E-state index in [1.165, 1.54) is 228 Å². The molecular formula is C52H108N4O2S2+2. The lowest BCUT2D eigenvalue weighted by Crippen LogP contribution is -2.48. The maximum absolute atomic E-state index is 12.2. The van der Waals surface area contributed by atoms with Gasteiger partial charge in [0.25, 0.3) is 0 Å². The topological polar surface area (TPSA) is 58.2 Å². The van der Waals surface area contributed by atoms with Crippen LogP contribution in [0.25, 0.3) is 0 Å². The van der Waals surface area contributed by atoms with Gasteiger partial charge >= 0.3 is 0 Å². The van der Waals surface area contributed by atoms with Crippen LogP contribution in [0.5, 0.6) is 0 Å². The number of unbranched alkanes of at least 4 members (excludes halogenated alkanes) is 24. The van der Waals surface area contributed by atoms with E-state index in [4.69, 9.17) is 0 Å². The number of carbonyl (C=O) groups is 2. The fourth-order valence-corrected chi connectivity index (χ4v) is 11.4. The van der Waals surface area contributed by atoms with Crippen molar-refractivity contribution in [2.75, 3.05) is 77.0 Å². The molecule has 6 nitrogen and oxygen atoms in total. The average Bonchev–Trinajstić information content (AvgIpc) is 3.26. The van der Waals surface area contributed by atoms with Gasteiger partial charge in [-0.3, -0.25) is 9.59 Å². The van der Waals surface area contributed by atoms with Crippen LogP contribution in [0.4, 0.5) is 0 Å². The Morgan fingerprint density at radius 1 is 0.333 bits per heavy atom. The molecule has 2 amide bonds. The van der Waals surface area contributed by atoms with Crippen molar-refractivity contribution in [3.05, 3.63) is 0 Å². The molecule has 0 saturated heterocycles. The minimum atomic E-state index is 0.225. The van der Waals surface area contributed by atoms with Gasteiger partial charge in [-0.25, -0.2) is 0 Å². The molecule has 0 saturated carbocycles. The lowest BCUT2D eigenvalue weighted by atomic mass is 10.0. The molecule has 0 aliphatic heterocycles. The van der Waals surface area contributed by atoms with Gasteiger partial charge < -0.3 is 19.6 Å². The maximum Gasteiger partial charge on any atom is 0.219 e. The second-order valence-electron chi connectivity index (χ2n) is 18.6. The first-order valence-corrected chi connectivity index (χ1v) is 29.3. The summed E-state index contributed by atoms with van der Waals surface area (Å²) in [6.45, 7) is 26.4. The first-order valence-electron chi connectivity index (χ1n) is 26.8. The van der Waals surface area contributed by atoms with Gasteiger partial charge in [-0.05, 0) is 91.9 Å². The molecule has 0 aliphatic rings. The Bertz CT molecular complexity index is 842. The minimum absolute atomic E-state index is 0.225. The van der Waals surface area contributed by atoms with E-state index in [0.29, 0.717) is 12.8 Å². The predicted molar refractivity (Wildman–Crippen MR) is 272 cm³/mol. The Kier molecular flexibility index (Phi) is 44.8. The third kappa shape index (κ3) is 37.0. The molecule has 0 heterocycles. The van der Waals surface area contributed by atoms with Gasteiger partial charge in [-0.1, -0.05) is 164 Å². The van der Waals surface area contributed by atoms with E-state index in [9.17, 15) is 9.59 Å². The van der Waals surface area contributed by atoms with E-state index in [-0.39, 0.29) is 11.8 Å². The molecular weight excluding hydrogens is 777 g/mol. The molecule has 2 N–H and O–H groups in total. The summed E-state index contributed by atoms with van der Waals surface area (Å²) in [5.41, 5.74) is 0. The SMILES string of the molecule is CCC[N+](CC)(CC)CCCCCCCCCCCCCCCC(=O)NCCCSSCCCNC(=O)CCCCCCCCCCCCCCC[N+](CC)(CC)CCC. The molecule has 358 valence electrons. The summed E-state index contributed by atoms with van der Waals surface area (Å²) in [6.07, 6.45) is 41.0. The van der Waals surface area contributed by atoms with Gasteiger partial charge in [0.05, 0.1) is 52.4 Å².